The summed E-state index contributed by atoms with van der Waals surface area (Å²) in [6, 6.07) is 8.52. The van der Waals surface area contributed by atoms with Crippen LogP contribution in [0.4, 0.5) is 28.9 Å². The largest absolute Gasteiger partial charge is 0.573 e. The predicted molar refractivity (Wildman–Crippen MR) is 97.0 cm³/mol. The van der Waals surface area contributed by atoms with Gasteiger partial charge in [0.25, 0.3) is 5.91 Å². The summed E-state index contributed by atoms with van der Waals surface area (Å²) in [6.45, 7) is -0.346. The van der Waals surface area contributed by atoms with Crippen LogP contribution in [-0.4, -0.2) is 27.0 Å². The minimum absolute atomic E-state index is 0.0621. The molecule has 1 N–H and O–H groups in total. The molecular weight excluding hydrogens is 428 g/mol. The maximum absolute atomic E-state index is 13.3. The number of aromatic nitrogens is 2. The van der Waals surface area contributed by atoms with E-state index in [4.69, 9.17) is 4.74 Å². The number of hydrogen-bond donors (Lipinski definition) is 1. The number of anilines is 1. The van der Waals surface area contributed by atoms with Crippen molar-refractivity contribution >= 4 is 17.3 Å². The van der Waals surface area contributed by atoms with Gasteiger partial charge in [-0.3, -0.25) is 14.9 Å². The summed E-state index contributed by atoms with van der Waals surface area (Å²) < 4.78 is 59.9. The second-order valence-corrected chi connectivity index (χ2v) is 5.91. The van der Waals surface area contributed by atoms with Crippen molar-refractivity contribution in [1.29, 1.82) is 0 Å². The van der Waals surface area contributed by atoms with Crippen LogP contribution in [0.15, 0.2) is 54.7 Å². The topological polar surface area (TPSA) is 109 Å². The molecular formula is C18H12F4N4O5. The Labute approximate surface area is 171 Å². The van der Waals surface area contributed by atoms with Crippen molar-refractivity contribution in [1.82, 2.24) is 9.78 Å². The number of carbonyl (C=O) groups excluding carboxylic acids is 1. The van der Waals surface area contributed by atoms with Crippen LogP contribution in [0.25, 0.3) is 0 Å². The lowest BCUT2D eigenvalue weighted by Crippen LogP contribution is -2.17. The van der Waals surface area contributed by atoms with Crippen LogP contribution in [0.2, 0.25) is 0 Å². The maximum Gasteiger partial charge on any atom is 0.573 e. The molecule has 0 unspecified atom stereocenters. The van der Waals surface area contributed by atoms with Crippen LogP contribution in [0.1, 0.15) is 10.5 Å². The van der Waals surface area contributed by atoms with E-state index >= 15 is 0 Å². The highest BCUT2D eigenvalue weighted by Gasteiger charge is 2.31. The molecule has 0 aliphatic heterocycles. The van der Waals surface area contributed by atoms with Crippen molar-refractivity contribution in [3.63, 3.8) is 0 Å². The van der Waals surface area contributed by atoms with Gasteiger partial charge in [0.1, 0.15) is 11.6 Å². The monoisotopic (exact) mass is 440 g/mol. The standard InChI is InChI=1S/C18H12F4N4O5/c19-11-1-6-15(26(28)29)16(9-11)30-10-25-8-7-14(24-25)17(27)23-12-2-4-13(5-3-12)31-18(20,21)22/h1-9H,10H2,(H,23,27). The van der Waals surface area contributed by atoms with Crippen molar-refractivity contribution in [3.8, 4) is 11.5 Å². The third kappa shape index (κ3) is 5.91. The second-order valence-electron chi connectivity index (χ2n) is 5.91. The minimum Gasteiger partial charge on any atom is -0.464 e. The van der Waals surface area contributed by atoms with Crippen LogP contribution >= 0.6 is 0 Å². The predicted octanol–water partition coefficient (Wildman–Crippen LogP) is 4.12. The molecule has 1 amide bonds. The first-order chi connectivity index (χ1) is 14.6. The van der Waals surface area contributed by atoms with E-state index in [0.29, 0.717) is 0 Å². The molecule has 0 aliphatic rings. The normalized spacial score (nSPS) is 11.1. The van der Waals surface area contributed by atoms with Gasteiger partial charge in [-0.25, -0.2) is 9.07 Å². The highest BCUT2D eigenvalue weighted by Crippen LogP contribution is 2.28. The van der Waals surface area contributed by atoms with E-state index in [2.05, 4.69) is 15.2 Å². The number of nitrogens with one attached hydrogen (secondary N) is 1. The van der Waals surface area contributed by atoms with E-state index in [1.54, 1.807) is 0 Å². The number of nitro groups is 1. The van der Waals surface area contributed by atoms with Crippen LogP contribution in [0, 0.1) is 15.9 Å². The fraction of sp³-hybridized carbons (Fsp3) is 0.111. The van der Waals surface area contributed by atoms with Gasteiger partial charge >= 0.3 is 12.0 Å². The molecule has 0 saturated heterocycles. The summed E-state index contributed by atoms with van der Waals surface area (Å²) in [5.74, 6) is -2.15. The number of nitrogens with zero attached hydrogens (tertiary/aromatic N) is 3. The minimum atomic E-state index is -4.83. The Morgan fingerprint density at radius 2 is 1.87 bits per heavy atom. The summed E-state index contributed by atoms with van der Waals surface area (Å²) in [5, 5.41) is 17.3. The van der Waals surface area contributed by atoms with Crippen LogP contribution in [0.5, 0.6) is 11.5 Å². The molecule has 0 aliphatic carbocycles. The van der Waals surface area contributed by atoms with E-state index in [-0.39, 0.29) is 23.9 Å². The molecule has 0 saturated carbocycles. The van der Waals surface area contributed by atoms with E-state index in [0.717, 1.165) is 35.0 Å². The molecule has 9 nitrogen and oxygen atoms in total. The van der Waals surface area contributed by atoms with Gasteiger partial charge in [-0.2, -0.15) is 5.10 Å². The van der Waals surface area contributed by atoms with Gasteiger partial charge in [-0.05, 0) is 36.4 Å². The molecule has 162 valence electrons. The van der Waals surface area contributed by atoms with Crippen molar-refractivity contribution in [3.05, 3.63) is 76.4 Å². The lowest BCUT2D eigenvalue weighted by Gasteiger charge is -2.09. The zero-order valence-corrected chi connectivity index (χ0v) is 15.3. The number of ether oxygens (including phenoxy) is 2. The molecule has 0 fully saturated rings. The van der Waals surface area contributed by atoms with E-state index in [1.807, 2.05) is 0 Å². The number of amides is 1. The summed E-state index contributed by atoms with van der Waals surface area (Å²) >= 11 is 0. The van der Waals surface area contributed by atoms with Crippen molar-refractivity contribution < 1.29 is 36.8 Å². The van der Waals surface area contributed by atoms with Gasteiger partial charge < -0.3 is 14.8 Å². The third-order valence-electron chi connectivity index (χ3n) is 3.69. The fourth-order valence-corrected chi connectivity index (χ4v) is 2.38. The average Bonchev–Trinajstić information content (AvgIpc) is 3.16. The summed E-state index contributed by atoms with van der Waals surface area (Å²) in [4.78, 5) is 22.5. The van der Waals surface area contributed by atoms with Gasteiger partial charge in [0.05, 0.1) is 4.92 Å². The molecule has 2 aromatic carbocycles. The Kier molecular flexibility index (Phi) is 6.04. The van der Waals surface area contributed by atoms with Gasteiger partial charge in [-0.1, -0.05) is 0 Å². The lowest BCUT2D eigenvalue weighted by atomic mass is 10.3. The maximum atomic E-state index is 13.3. The highest BCUT2D eigenvalue weighted by atomic mass is 19.4. The van der Waals surface area contributed by atoms with Crippen LogP contribution < -0.4 is 14.8 Å². The number of alkyl halides is 3. The average molecular weight is 440 g/mol. The molecule has 1 heterocycles. The number of nitro benzene ring substituents is 1. The summed E-state index contributed by atoms with van der Waals surface area (Å²) in [5.41, 5.74) is -0.307. The Balaban J connectivity index is 1.61. The van der Waals surface area contributed by atoms with Crippen molar-refractivity contribution in [2.75, 3.05) is 5.32 Å². The van der Waals surface area contributed by atoms with Gasteiger partial charge in [-0.15, -0.1) is 13.2 Å². The van der Waals surface area contributed by atoms with E-state index in [9.17, 15) is 32.5 Å². The first kappa shape index (κ1) is 21.5. The number of rotatable bonds is 7. The number of benzene rings is 2. The number of hydrogen-bond acceptors (Lipinski definition) is 6. The van der Waals surface area contributed by atoms with Crippen molar-refractivity contribution in [2.45, 2.75) is 13.1 Å². The van der Waals surface area contributed by atoms with E-state index < -0.39 is 34.4 Å². The molecule has 13 heteroatoms. The Morgan fingerprint density at radius 3 is 2.52 bits per heavy atom. The van der Waals surface area contributed by atoms with Crippen molar-refractivity contribution in [2.24, 2.45) is 0 Å². The molecule has 0 radical (unpaired) electrons. The smallest absolute Gasteiger partial charge is 0.464 e. The zero-order chi connectivity index (χ0) is 22.6. The van der Waals surface area contributed by atoms with Crippen LogP contribution in [-0.2, 0) is 6.73 Å². The third-order valence-corrected chi connectivity index (χ3v) is 3.69. The molecule has 31 heavy (non-hydrogen) atoms. The first-order valence-electron chi connectivity index (χ1n) is 8.38. The first-order valence-corrected chi connectivity index (χ1v) is 8.38. The summed E-state index contributed by atoms with van der Waals surface area (Å²) in [7, 11) is 0. The highest BCUT2D eigenvalue weighted by molar-refractivity contribution is 6.02. The molecule has 0 spiro atoms. The molecule has 0 atom stereocenters. The summed E-state index contributed by atoms with van der Waals surface area (Å²) in [6.07, 6.45) is -3.48. The molecule has 1 aromatic heterocycles. The fourth-order valence-electron chi connectivity index (χ4n) is 2.38. The quantitative estimate of drug-likeness (QED) is 0.336. The number of halogens is 4. The Morgan fingerprint density at radius 1 is 1.16 bits per heavy atom. The lowest BCUT2D eigenvalue weighted by molar-refractivity contribution is -0.386. The Hall–Kier alpha value is -4.16. The van der Waals surface area contributed by atoms with Gasteiger partial charge in [0.15, 0.2) is 12.4 Å². The molecule has 3 rings (SSSR count). The van der Waals surface area contributed by atoms with Crippen LogP contribution in [0.3, 0.4) is 0 Å². The number of carbonyl (C=O) groups is 1. The Bertz CT molecular complexity index is 1100. The van der Waals surface area contributed by atoms with E-state index in [1.165, 1.54) is 24.4 Å². The SMILES string of the molecule is O=C(Nc1ccc(OC(F)(F)F)cc1)c1ccn(COc2cc(F)ccc2[N+](=O)[O-])n1. The molecule has 3 aromatic rings. The van der Waals surface area contributed by atoms with Gasteiger partial charge in [0, 0.05) is 24.0 Å². The molecule has 0 bridgehead atoms. The zero-order valence-electron chi connectivity index (χ0n) is 15.3. The second kappa shape index (κ2) is 8.69. The van der Waals surface area contributed by atoms with Gasteiger partial charge in [0.2, 0.25) is 5.75 Å².